The molecule has 0 radical (unpaired) electrons. The van der Waals surface area contributed by atoms with Crippen molar-refractivity contribution in [3.63, 3.8) is 0 Å². The number of aryl methyl sites for hydroxylation is 3. The number of nitrogens with one attached hydrogen (secondary N) is 1. The van der Waals surface area contributed by atoms with Crippen LogP contribution in [0.15, 0.2) is 18.2 Å². The quantitative estimate of drug-likeness (QED) is 0.799. The van der Waals surface area contributed by atoms with Crippen LogP contribution in [0.3, 0.4) is 0 Å². The van der Waals surface area contributed by atoms with Gasteiger partial charge in [0.15, 0.2) is 0 Å². The van der Waals surface area contributed by atoms with Gasteiger partial charge < -0.3 is 5.32 Å². The van der Waals surface area contributed by atoms with E-state index < -0.39 is 0 Å². The Labute approximate surface area is 99.3 Å². The van der Waals surface area contributed by atoms with E-state index in [0.717, 1.165) is 0 Å². The summed E-state index contributed by atoms with van der Waals surface area (Å²) in [5.74, 6) is 0. The Morgan fingerprint density at radius 2 is 2.06 bits per heavy atom. The van der Waals surface area contributed by atoms with E-state index in [0.29, 0.717) is 6.04 Å². The lowest BCUT2D eigenvalue weighted by molar-refractivity contribution is 0.509. The number of benzene rings is 1. The summed E-state index contributed by atoms with van der Waals surface area (Å²) in [4.78, 5) is 0. The van der Waals surface area contributed by atoms with Crippen LogP contribution in [-0.4, -0.2) is 13.1 Å². The van der Waals surface area contributed by atoms with Gasteiger partial charge in [0.25, 0.3) is 0 Å². The van der Waals surface area contributed by atoms with E-state index in [1.54, 1.807) is 11.1 Å². The first-order valence-electron chi connectivity index (χ1n) is 6.61. The molecule has 1 aliphatic rings. The summed E-state index contributed by atoms with van der Waals surface area (Å²) in [6, 6.07) is 7.78. The zero-order valence-corrected chi connectivity index (χ0v) is 10.6. The molecule has 1 nitrogen and oxygen atoms in total. The van der Waals surface area contributed by atoms with Crippen LogP contribution in [0.2, 0.25) is 0 Å². The summed E-state index contributed by atoms with van der Waals surface area (Å²) in [5.41, 5.74) is 4.72. The van der Waals surface area contributed by atoms with Gasteiger partial charge in [0.1, 0.15) is 0 Å². The summed E-state index contributed by atoms with van der Waals surface area (Å²) in [6.45, 7) is 2.25. The molecule has 1 heteroatoms. The van der Waals surface area contributed by atoms with Crippen LogP contribution in [0, 0.1) is 0 Å². The van der Waals surface area contributed by atoms with Crippen molar-refractivity contribution in [3.05, 3.63) is 34.9 Å². The minimum absolute atomic E-state index is 0.674. The molecule has 0 heterocycles. The van der Waals surface area contributed by atoms with Crippen LogP contribution in [0.4, 0.5) is 0 Å². The lowest BCUT2D eigenvalue weighted by Crippen LogP contribution is -2.24. The molecule has 0 amide bonds. The molecule has 88 valence electrons. The first-order chi connectivity index (χ1) is 7.83. The third kappa shape index (κ3) is 2.65. The molecule has 0 fully saturated rings. The molecule has 0 saturated carbocycles. The van der Waals surface area contributed by atoms with Crippen molar-refractivity contribution >= 4 is 0 Å². The third-order valence-corrected chi connectivity index (χ3v) is 3.85. The molecule has 2 rings (SSSR count). The smallest absolute Gasteiger partial charge is 0.00646 e. The van der Waals surface area contributed by atoms with Crippen LogP contribution < -0.4 is 5.32 Å². The molecule has 1 aromatic rings. The molecule has 1 aromatic carbocycles. The number of hydrogen-bond acceptors (Lipinski definition) is 1. The van der Waals surface area contributed by atoms with Gasteiger partial charge in [-0.15, -0.1) is 0 Å². The topological polar surface area (TPSA) is 12.0 Å². The van der Waals surface area contributed by atoms with Gasteiger partial charge in [0.05, 0.1) is 0 Å². The molecule has 0 saturated heterocycles. The number of hydrogen-bond donors (Lipinski definition) is 1. The maximum absolute atomic E-state index is 3.37. The Bertz CT molecular complexity index is 339. The molecule has 1 atom stereocenters. The molecule has 1 aliphatic carbocycles. The Morgan fingerprint density at radius 3 is 2.81 bits per heavy atom. The zero-order chi connectivity index (χ0) is 11.4. The van der Waals surface area contributed by atoms with Crippen molar-refractivity contribution in [2.75, 3.05) is 7.05 Å². The maximum Gasteiger partial charge on any atom is 0.00646 e. The second kappa shape index (κ2) is 5.49. The fraction of sp³-hybridized carbons (Fsp3) is 0.600. The summed E-state index contributed by atoms with van der Waals surface area (Å²) < 4.78 is 0. The largest absolute Gasteiger partial charge is 0.317 e. The van der Waals surface area contributed by atoms with Gasteiger partial charge in [-0.2, -0.15) is 0 Å². The third-order valence-electron chi connectivity index (χ3n) is 3.85. The van der Waals surface area contributed by atoms with Gasteiger partial charge in [-0.25, -0.2) is 0 Å². The average molecular weight is 217 g/mol. The molecule has 0 aromatic heterocycles. The Hall–Kier alpha value is -0.820. The predicted molar refractivity (Wildman–Crippen MR) is 69.9 cm³/mol. The number of fused-ring (bicyclic) bond motifs is 1. The van der Waals surface area contributed by atoms with Crippen molar-refractivity contribution < 1.29 is 0 Å². The van der Waals surface area contributed by atoms with Gasteiger partial charge in [-0.1, -0.05) is 25.1 Å². The van der Waals surface area contributed by atoms with Gasteiger partial charge in [-0.05, 0) is 62.3 Å². The van der Waals surface area contributed by atoms with Crippen LogP contribution in [-0.2, 0) is 19.3 Å². The first-order valence-corrected chi connectivity index (χ1v) is 6.61. The van der Waals surface area contributed by atoms with E-state index in [2.05, 4.69) is 37.5 Å². The van der Waals surface area contributed by atoms with E-state index in [4.69, 9.17) is 0 Å². The van der Waals surface area contributed by atoms with E-state index >= 15 is 0 Å². The SMILES string of the molecule is CCC(CCc1ccc2c(c1)CCC2)NC. The van der Waals surface area contributed by atoms with Gasteiger partial charge >= 0.3 is 0 Å². The molecule has 0 aliphatic heterocycles. The molecule has 1 unspecified atom stereocenters. The minimum Gasteiger partial charge on any atom is -0.317 e. The van der Waals surface area contributed by atoms with Gasteiger partial charge in [-0.3, -0.25) is 0 Å². The normalized spacial score (nSPS) is 16.1. The highest BCUT2D eigenvalue weighted by atomic mass is 14.9. The maximum atomic E-state index is 3.37. The molecular weight excluding hydrogens is 194 g/mol. The Morgan fingerprint density at radius 1 is 1.25 bits per heavy atom. The molecular formula is C15H23N. The summed E-state index contributed by atoms with van der Waals surface area (Å²) >= 11 is 0. The Kier molecular flexibility index (Phi) is 4.00. The van der Waals surface area contributed by atoms with Crippen molar-refractivity contribution in [1.82, 2.24) is 5.32 Å². The highest BCUT2D eigenvalue weighted by Gasteiger charge is 2.11. The second-order valence-corrected chi connectivity index (χ2v) is 4.89. The summed E-state index contributed by atoms with van der Waals surface area (Å²) in [5, 5.41) is 3.37. The molecule has 1 N–H and O–H groups in total. The van der Waals surface area contributed by atoms with Crippen molar-refractivity contribution in [3.8, 4) is 0 Å². The molecule has 0 spiro atoms. The monoisotopic (exact) mass is 217 g/mol. The molecule has 0 bridgehead atoms. The summed E-state index contributed by atoms with van der Waals surface area (Å²) in [6.07, 6.45) is 7.64. The second-order valence-electron chi connectivity index (χ2n) is 4.89. The van der Waals surface area contributed by atoms with E-state index in [1.807, 2.05) is 0 Å². The van der Waals surface area contributed by atoms with Crippen LogP contribution in [0.1, 0.15) is 42.9 Å². The average Bonchev–Trinajstić information content (AvgIpc) is 2.77. The number of rotatable bonds is 5. The van der Waals surface area contributed by atoms with Gasteiger partial charge in [0, 0.05) is 6.04 Å². The van der Waals surface area contributed by atoms with Crippen molar-refractivity contribution in [2.45, 2.75) is 51.5 Å². The standard InChI is InChI=1S/C15H23N/c1-3-15(16-2)10-8-12-7-9-13-5-4-6-14(13)11-12/h7,9,11,15-16H,3-6,8,10H2,1-2H3. The lowest BCUT2D eigenvalue weighted by atomic mass is 10.00. The Balaban J connectivity index is 1.95. The first kappa shape index (κ1) is 11.7. The van der Waals surface area contributed by atoms with Crippen LogP contribution in [0.25, 0.3) is 0 Å². The highest BCUT2D eigenvalue weighted by Crippen LogP contribution is 2.23. The fourth-order valence-corrected chi connectivity index (χ4v) is 2.67. The minimum atomic E-state index is 0.674. The summed E-state index contributed by atoms with van der Waals surface area (Å²) in [7, 11) is 2.07. The highest BCUT2D eigenvalue weighted by molar-refractivity contribution is 5.35. The van der Waals surface area contributed by atoms with E-state index in [-0.39, 0.29) is 0 Å². The van der Waals surface area contributed by atoms with E-state index in [1.165, 1.54) is 44.1 Å². The van der Waals surface area contributed by atoms with Crippen molar-refractivity contribution in [2.24, 2.45) is 0 Å². The predicted octanol–water partition coefficient (Wildman–Crippen LogP) is 3.11. The van der Waals surface area contributed by atoms with Gasteiger partial charge in [0.2, 0.25) is 0 Å². The van der Waals surface area contributed by atoms with E-state index in [9.17, 15) is 0 Å². The van der Waals surface area contributed by atoms with Crippen LogP contribution >= 0.6 is 0 Å². The molecule has 16 heavy (non-hydrogen) atoms. The van der Waals surface area contributed by atoms with Crippen molar-refractivity contribution in [1.29, 1.82) is 0 Å². The lowest BCUT2D eigenvalue weighted by Gasteiger charge is -2.13. The van der Waals surface area contributed by atoms with Crippen LogP contribution in [0.5, 0.6) is 0 Å². The fourth-order valence-electron chi connectivity index (χ4n) is 2.67. The zero-order valence-electron chi connectivity index (χ0n) is 10.6.